The minimum absolute atomic E-state index is 0.150. The number of sulfonamides is 1. The molecular weight excluding hydrogens is 513 g/mol. The standard InChI is InChI=1S/C24H19Cl2N3O3S2/c1-28-22-20(11-10-19(25)21(22)26)33-24(28)27-23(30)16-6-8-18(9-7-16)34(31,32)29-13-12-15-4-2-3-5-17(15)14-29/h2-11H,12-14H2,1H3. The summed E-state index contributed by atoms with van der Waals surface area (Å²) in [7, 11) is -1.91. The molecule has 34 heavy (non-hydrogen) atoms. The normalized spacial score (nSPS) is 15.0. The van der Waals surface area contributed by atoms with Crippen molar-refractivity contribution in [2.24, 2.45) is 12.0 Å². The lowest BCUT2D eigenvalue weighted by molar-refractivity contribution is 0.0998. The first-order valence-corrected chi connectivity index (χ1v) is 13.5. The fraction of sp³-hybridized carbons (Fsp3) is 0.167. The first kappa shape index (κ1) is 23.3. The van der Waals surface area contributed by atoms with Gasteiger partial charge in [0.15, 0.2) is 4.80 Å². The Morgan fingerprint density at radius 2 is 1.71 bits per heavy atom. The summed E-state index contributed by atoms with van der Waals surface area (Å²) < 4.78 is 30.4. The third kappa shape index (κ3) is 4.10. The third-order valence-corrected chi connectivity index (χ3v) is 9.64. The van der Waals surface area contributed by atoms with E-state index in [0.29, 0.717) is 45.4 Å². The lowest BCUT2D eigenvalue weighted by atomic mass is 10.0. The van der Waals surface area contributed by atoms with Crippen molar-refractivity contribution in [3.05, 3.63) is 92.2 Å². The maximum Gasteiger partial charge on any atom is 0.279 e. The minimum atomic E-state index is -3.68. The van der Waals surface area contributed by atoms with E-state index in [9.17, 15) is 13.2 Å². The van der Waals surface area contributed by atoms with Crippen LogP contribution in [0.15, 0.2) is 70.6 Å². The van der Waals surface area contributed by atoms with Crippen LogP contribution in [-0.4, -0.2) is 29.7 Å². The lowest BCUT2D eigenvalue weighted by Crippen LogP contribution is -2.35. The highest BCUT2D eigenvalue weighted by Gasteiger charge is 2.28. The van der Waals surface area contributed by atoms with Crippen LogP contribution in [0.2, 0.25) is 10.0 Å². The van der Waals surface area contributed by atoms with Gasteiger partial charge in [0.1, 0.15) is 0 Å². The summed E-state index contributed by atoms with van der Waals surface area (Å²) in [6.07, 6.45) is 0.673. The average molecular weight is 532 g/mol. The molecule has 10 heteroatoms. The van der Waals surface area contributed by atoms with Crippen molar-refractivity contribution < 1.29 is 13.2 Å². The predicted octanol–water partition coefficient (Wildman–Crippen LogP) is 5.03. The zero-order chi connectivity index (χ0) is 24.0. The average Bonchev–Trinajstić information content (AvgIpc) is 3.16. The predicted molar refractivity (Wildman–Crippen MR) is 135 cm³/mol. The van der Waals surface area contributed by atoms with Crippen molar-refractivity contribution in [1.29, 1.82) is 0 Å². The highest BCUT2D eigenvalue weighted by Crippen LogP contribution is 2.31. The van der Waals surface area contributed by atoms with Crippen LogP contribution in [-0.2, 0) is 30.0 Å². The van der Waals surface area contributed by atoms with E-state index in [0.717, 1.165) is 10.3 Å². The van der Waals surface area contributed by atoms with Crippen molar-refractivity contribution in [1.82, 2.24) is 8.87 Å². The van der Waals surface area contributed by atoms with Gasteiger partial charge in [0.2, 0.25) is 10.0 Å². The number of halogens is 2. The molecule has 0 fully saturated rings. The van der Waals surface area contributed by atoms with Crippen LogP contribution >= 0.6 is 34.5 Å². The zero-order valence-electron chi connectivity index (χ0n) is 18.0. The molecule has 0 N–H and O–H groups in total. The van der Waals surface area contributed by atoms with Crippen molar-refractivity contribution in [2.45, 2.75) is 17.9 Å². The molecule has 2 heterocycles. The van der Waals surface area contributed by atoms with Crippen LogP contribution in [0.1, 0.15) is 21.5 Å². The second kappa shape index (κ2) is 8.94. The first-order valence-electron chi connectivity index (χ1n) is 10.5. The van der Waals surface area contributed by atoms with Gasteiger partial charge in [0, 0.05) is 25.7 Å². The van der Waals surface area contributed by atoms with Crippen molar-refractivity contribution in [3.8, 4) is 0 Å². The van der Waals surface area contributed by atoms with Crippen LogP contribution in [0.4, 0.5) is 0 Å². The van der Waals surface area contributed by atoms with Gasteiger partial charge in [-0.25, -0.2) is 8.42 Å². The molecule has 6 nitrogen and oxygen atoms in total. The Morgan fingerprint density at radius 3 is 2.44 bits per heavy atom. The lowest BCUT2D eigenvalue weighted by Gasteiger charge is -2.28. The fourth-order valence-corrected chi connectivity index (χ4v) is 6.97. The van der Waals surface area contributed by atoms with Gasteiger partial charge in [0.05, 0.1) is 25.2 Å². The molecular formula is C24H19Cl2N3O3S2. The topological polar surface area (TPSA) is 71.7 Å². The van der Waals surface area contributed by atoms with Gasteiger partial charge in [-0.1, -0.05) is 58.8 Å². The molecule has 0 aliphatic carbocycles. The number of rotatable bonds is 3. The monoisotopic (exact) mass is 531 g/mol. The Morgan fingerprint density at radius 1 is 1.00 bits per heavy atom. The van der Waals surface area contributed by atoms with Crippen molar-refractivity contribution >= 4 is 60.7 Å². The van der Waals surface area contributed by atoms with E-state index in [1.807, 2.05) is 30.3 Å². The van der Waals surface area contributed by atoms with Gasteiger partial charge in [-0.15, -0.1) is 0 Å². The van der Waals surface area contributed by atoms with Crippen LogP contribution in [0.25, 0.3) is 10.2 Å². The molecule has 1 amide bonds. The molecule has 0 spiro atoms. The van der Waals surface area contributed by atoms with Gasteiger partial charge >= 0.3 is 0 Å². The largest absolute Gasteiger partial charge is 0.318 e. The van der Waals surface area contributed by atoms with E-state index in [-0.39, 0.29) is 4.90 Å². The fourth-order valence-electron chi connectivity index (χ4n) is 4.02. The van der Waals surface area contributed by atoms with Gasteiger partial charge in [0.25, 0.3) is 5.91 Å². The van der Waals surface area contributed by atoms with Crippen LogP contribution < -0.4 is 4.80 Å². The molecule has 0 radical (unpaired) electrons. The number of hydrogen-bond acceptors (Lipinski definition) is 4. The maximum atomic E-state index is 13.2. The Bertz CT molecular complexity index is 1610. The molecule has 0 saturated heterocycles. The number of carbonyl (C=O) groups excluding carboxylic acids is 1. The minimum Gasteiger partial charge on any atom is -0.318 e. The number of nitrogens with zero attached hydrogens (tertiary/aromatic N) is 3. The van der Waals surface area contributed by atoms with Gasteiger partial charge in [-0.2, -0.15) is 9.30 Å². The highest BCUT2D eigenvalue weighted by molar-refractivity contribution is 7.89. The number of carbonyl (C=O) groups is 1. The van der Waals surface area contributed by atoms with Crippen LogP contribution in [0.3, 0.4) is 0 Å². The summed E-state index contributed by atoms with van der Waals surface area (Å²) in [5.41, 5.74) is 3.19. The quantitative estimate of drug-likeness (QED) is 0.372. The smallest absolute Gasteiger partial charge is 0.279 e. The molecule has 0 saturated carbocycles. The zero-order valence-corrected chi connectivity index (χ0v) is 21.2. The number of amides is 1. The maximum absolute atomic E-state index is 13.2. The molecule has 0 bridgehead atoms. The van der Waals surface area contributed by atoms with E-state index >= 15 is 0 Å². The van der Waals surface area contributed by atoms with Crippen LogP contribution in [0, 0.1) is 0 Å². The van der Waals surface area contributed by atoms with Crippen molar-refractivity contribution in [3.63, 3.8) is 0 Å². The van der Waals surface area contributed by atoms with Gasteiger partial charge < -0.3 is 4.57 Å². The molecule has 5 rings (SSSR count). The number of aryl methyl sites for hydroxylation is 1. The number of hydrogen-bond donors (Lipinski definition) is 0. The number of benzene rings is 3. The van der Waals surface area contributed by atoms with E-state index in [2.05, 4.69) is 4.99 Å². The SMILES string of the molecule is Cn1c(=NC(=O)c2ccc(S(=O)(=O)N3CCc4ccccc4C3)cc2)sc2ccc(Cl)c(Cl)c21. The second-order valence-electron chi connectivity index (χ2n) is 7.95. The highest BCUT2D eigenvalue weighted by atomic mass is 35.5. The Balaban J connectivity index is 1.41. The first-order chi connectivity index (χ1) is 16.3. The molecule has 4 aromatic rings. The molecule has 3 aromatic carbocycles. The van der Waals surface area contributed by atoms with E-state index in [4.69, 9.17) is 23.2 Å². The molecule has 0 atom stereocenters. The Hall–Kier alpha value is -2.49. The molecule has 174 valence electrons. The summed E-state index contributed by atoms with van der Waals surface area (Å²) in [6.45, 7) is 0.758. The third-order valence-electron chi connectivity index (χ3n) is 5.89. The molecule has 0 unspecified atom stereocenters. The van der Waals surface area contributed by atoms with E-state index < -0.39 is 15.9 Å². The molecule has 1 aliphatic heterocycles. The Kier molecular flexibility index (Phi) is 6.12. The van der Waals surface area contributed by atoms with Crippen LogP contribution in [0.5, 0.6) is 0 Å². The summed E-state index contributed by atoms with van der Waals surface area (Å²) >= 11 is 13.7. The number of aromatic nitrogens is 1. The van der Waals surface area contributed by atoms with E-state index in [1.165, 1.54) is 45.5 Å². The molecule has 1 aliphatic rings. The summed E-state index contributed by atoms with van der Waals surface area (Å²) in [4.78, 5) is 17.6. The second-order valence-corrected chi connectivity index (χ2v) is 11.7. The number of fused-ring (bicyclic) bond motifs is 2. The van der Waals surface area contributed by atoms with Gasteiger partial charge in [-0.05, 0) is 53.9 Å². The van der Waals surface area contributed by atoms with E-state index in [1.54, 1.807) is 17.7 Å². The molecule has 1 aromatic heterocycles. The Labute approximate surface area is 210 Å². The van der Waals surface area contributed by atoms with Gasteiger partial charge in [-0.3, -0.25) is 4.79 Å². The number of thiazole rings is 1. The van der Waals surface area contributed by atoms with Crippen molar-refractivity contribution in [2.75, 3.05) is 6.54 Å². The summed E-state index contributed by atoms with van der Waals surface area (Å²) in [6, 6.07) is 17.3. The summed E-state index contributed by atoms with van der Waals surface area (Å²) in [5.74, 6) is -0.472. The summed E-state index contributed by atoms with van der Waals surface area (Å²) in [5, 5.41) is 0.830.